The van der Waals surface area contributed by atoms with Crippen LogP contribution in [0.2, 0.25) is 0 Å². The SMILES string of the molecule is CCCCNC1=C(C(=O)c2cccs2)C(c2ccc(F)cc2)N(c2ccccc2)C1=O. The van der Waals surface area contributed by atoms with E-state index in [-0.39, 0.29) is 17.5 Å². The number of unbranched alkanes of at least 4 members (excludes halogenated alkanes) is 1. The number of Topliss-reactive ketones (excluding diaryl/α,β-unsaturated/α-hetero) is 1. The van der Waals surface area contributed by atoms with Crippen LogP contribution < -0.4 is 10.2 Å². The fourth-order valence-electron chi connectivity index (χ4n) is 3.77. The first-order chi connectivity index (χ1) is 15.1. The molecular formula is C25H23FN2O2S. The molecule has 1 aliphatic rings. The van der Waals surface area contributed by atoms with Crippen LogP contribution in [0.1, 0.15) is 41.0 Å². The minimum atomic E-state index is -0.644. The fraction of sp³-hybridized carbons (Fsp3) is 0.200. The van der Waals surface area contributed by atoms with Crippen molar-refractivity contribution >= 4 is 28.7 Å². The predicted molar refractivity (Wildman–Crippen MR) is 122 cm³/mol. The van der Waals surface area contributed by atoms with E-state index in [9.17, 15) is 14.0 Å². The van der Waals surface area contributed by atoms with Crippen molar-refractivity contribution in [1.82, 2.24) is 5.32 Å². The first-order valence-corrected chi connectivity index (χ1v) is 11.2. The number of nitrogens with zero attached hydrogens (tertiary/aromatic N) is 1. The molecule has 1 unspecified atom stereocenters. The minimum absolute atomic E-state index is 0.185. The molecule has 3 aromatic rings. The molecule has 1 aliphatic heterocycles. The highest BCUT2D eigenvalue weighted by Crippen LogP contribution is 2.42. The molecule has 0 fully saturated rings. The van der Waals surface area contributed by atoms with Crippen molar-refractivity contribution in [3.8, 4) is 0 Å². The van der Waals surface area contributed by atoms with Gasteiger partial charge in [-0.3, -0.25) is 14.5 Å². The maximum Gasteiger partial charge on any atom is 0.275 e. The minimum Gasteiger partial charge on any atom is -0.380 e. The van der Waals surface area contributed by atoms with Gasteiger partial charge in [-0.2, -0.15) is 0 Å². The molecule has 1 amide bonds. The summed E-state index contributed by atoms with van der Waals surface area (Å²) in [5, 5.41) is 5.08. The number of rotatable bonds is 8. The van der Waals surface area contributed by atoms with Gasteiger partial charge in [0.05, 0.1) is 16.5 Å². The van der Waals surface area contributed by atoms with Crippen LogP contribution in [0.3, 0.4) is 0 Å². The average molecular weight is 435 g/mol. The largest absolute Gasteiger partial charge is 0.380 e. The molecule has 6 heteroatoms. The van der Waals surface area contributed by atoms with Crippen molar-refractivity contribution in [1.29, 1.82) is 0 Å². The highest BCUT2D eigenvalue weighted by Gasteiger charge is 2.44. The summed E-state index contributed by atoms with van der Waals surface area (Å²) >= 11 is 1.34. The number of carbonyl (C=O) groups excluding carboxylic acids is 2. The molecule has 0 saturated carbocycles. The lowest BCUT2D eigenvalue weighted by Crippen LogP contribution is -2.33. The second-order valence-electron chi connectivity index (χ2n) is 7.34. The van der Waals surface area contributed by atoms with Gasteiger partial charge in [0, 0.05) is 12.2 Å². The maximum atomic E-state index is 13.7. The molecule has 0 bridgehead atoms. The van der Waals surface area contributed by atoms with Crippen molar-refractivity contribution in [2.24, 2.45) is 0 Å². The topological polar surface area (TPSA) is 49.4 Å². The molecule has 0 saturated heterocycles. The fourth-order valence-corrected chi connectivity index (χ4v) is 4.45. The Kier molecular flexibility index (Phi) is 6.28. The van der Waals surface area contributed by atoms with Gasteiger partial charge in [-0.25, -0.2) is 4.39 Å². The molecule has 31 heavy (non-hydrogen) atoms. The molecule has 1 atom stereocenters. The van der Waals surface area contributed by atoms with Gasteiger partial charge in [0.2, 0.25) is 5.78 Å². The number of ketones is 1. The Morgan fingerprint density at radius 2 is 1.81 bits per heavy atom. The van der Waals surface area contributed by atoms with Crippen LogP contribution in [0, 0.1) is 5.82 Å². The number of anilines is 1. The molecule has 1 aromatic heterocycles. The third kappa shape index (κ3) is 4.16. The van der Waals surface area contributed by atoms with Crippen molar-refractivity contribution in [2.75, 3.05) is 11.4 Å². The zero-order valence-electron chi connectivity index (χ0n) is 17.2. The lowest BCUT2D eigenvalue weighted by atomic mass is 9.94. The van der Waals surface area contributed by atoms with Crippen LogP contribution >= 0.6 is 11.3 Å². The van der Waals surface area contributed by atoms with Crippen molar-refractivity contribution in [2.45, 2.75) is 25.8 Å². The summed E-state index contributed by atoms with van der Waals surface area (Å²) in [5.74, 6) is -0.803. The zero-order valence-corrected chi connectivity index (χ0v) is 18.0. The molecule has 0 spiro atoms. The summed E-state index contributed by atoms with van der Waals surface area (Å²) in [6, 6.07) is 18.2. The highest BCUT2D eigenvalue weighted by atomic mass is 32.1. The Morgan fingerprint density at radius 3 is 2.45 bits per heavy atom. The van der Waals surface area contributed by atoms with Gasteiger partial charge in [-0.15, -0.1) is 11.3 Å². The normalized spacial score (nSPS) is 16.1. The van der Waals surface area contributed by atoms with Gasteiger partial charge in [0.25, 0.3) is 5.91 Å². The molecular weight excluding hydrogens is 411 g/mol. The van der Waals surface area contributed by atoms with Crippen molar-refractivity contribution in [3.63, 3.8) is 0 Å². The number of hydrogen-bond donors (Lipinski definition) is 1. The van der Waals surface area contributed by atoms with Crippen molar-refractivity contribution < 1.29 is 14.0 Å². The van der Waals surface area contributed by atoms with E-state index in [1.54, 1.807) is 23.1 Å². The van der Waals surface area contributed by atoms with Crippen LogP contribution in [-0.2, 0) is 4.79 Å². The number of nitrogens with one attached hydrogen (secondary N) is 1. The van der Waals surface area contributed by atoms with E-state index in [1.165, 1.54) is 23.5 Å². The Morgan fingerprint density at radius 1 is 1.06 bits per heavy atom. The zero-order chi connectivity index (χ0) is 21.8. The molecule has 4 rings (SSSR count). The van der Waals surface area contributed by atoms with Gasteiger partial charge in [0.15, 0.2) is 0 Å². The Labute approximate surface area is 185 Å². The quantitative estimate of drug-likeness (QED) is 0.376. The summed E-state index contributed by atoms with van der Waals surface area (Å²) in [7, 11) is 0. The van der Waals surface area contributed by atoms with E-state index in [4.69, 9.17) is 0 Å². The number of thiophene rings is 1. The smallest absolute Gasteiger partial charge is 0.275 e. The Balaban J connectivity index is 1.88. The molecule has 0 aliphatic carbocycles. The Bertz CT molecular complexity index is 1090. The van der Waals surface area contributed by atoms with Crippen LogP contribution in [-0.4, -0.2) is 18.2 Å². The van der Waals surface area contributed by atoms with Gasteiger partial charge in [-0.05, 0) is 47.7 Å². The van der Waals surface area contributed by atoms with Crippen LogP contribution in [0.5, 0.6) is 0 Å². The first-order valence-electron chi connectivity index (χ1n) is 10.3. The van der Waals surface area contributed by atoms with Gasteiger partial charge < -0.3 is 5.32 Å². The van der Waals surface area contributed by atoms with E-state index in [0.29, 0.717) is 33.9 Å². The van der Waals surface area contributed by atoms with Crippen LogP contribution in [0.15, 0.2) is 83.4 Å². The summed E-state index contributed by atoms with van der Waals surface area (Å²) in [6.07, 6.45) is 1.84. The summed E-state index contributed by atoms with van der Waals surface area (Å²) in [6.45, 7) is 2.67. The molecule has 2 heterocycles. The lowest BCUT2D eigenvalue weighted by Gasteiger charge is -2.27. The standard InChI is InChI=1S/C25H23FN2O2S/c1-2-3-15-27-22-21(24(29)20-10-7-16-31-20)23(17-11-13-18(26)14-12-17)28(25(22)30)19-8-5-4-6-9-19/h4-14,16,23,27H,2-3,15H2,1H3. The van der Waals surface area contributed by atoms with E-state index in [0.717, 1.165) is 12.8 Å². The number of hydrogen-bond acceptors (Lipinski definition) is 4. The molecule has 0 radical (unpaired) electrons. The molecule has 4 nitrogen and oxygen atoms in total. The Hall–Kier alpha value is -3.25. The van der Waals surface area contributed by atoms with E-state index in [2.05, 4.69) is 12.2 Å². The first kappa shape index (κ1) is 21.0. The highest BCUT2D eigenvalue weighted by molar-refractivity contribution is 7.12. The third-order valence-corrected chi connectivity index (χ3v) is 6.14. The van der Waals surface area contributed by atoms with E-state index in [1.807, 2.05) is 41.8 Å². The molecule has 1 N–H and O–H groups in total. The van der Waals surface area contributed by atoms with Gasteiger partial charge >= 0.3 is 0 Å². The second-order valence-corrected chi connectivity index (χ2v) is 8.29. The lowest BCUT2D eigenvalue weighted by molar-refractivity contribution is -0.115. The van der Waals surface area contributed by atoms with Crippen molar-refractivity contribution in [3.05, 3.63) is 99.6 Å². The van der Waals surface area contributed by atoms with Gasteiger partial charge in [0.1, 0.15) is 11.5 Å². The van der Waals surface area contributed by atoms with Crippen LogP contribution in [0.4, 0.5) is 10.1 Å². The average Bonchev–Trinajstić information content (AvgIpc) is 3.42. The van der Waals surface area contributed by atoms with Crippen LogP contribution in [0.25, 0.3) is 0 Å². The van der Waals surface area contributed by atoms with Gasteiger partial charge in [-0.1, -0.05) is 49.7 Å². The number of halogens is 1. The summed E-state index contributed by atoms with van der Waals surface area (Å²) < 4.78 is 13.7. The third-order valence-electron chi connectivity index (χ3n) is 5.28. The monoisotopic (exact) mass is 434 g/mol. The number of carbonyl (C=O) groups is 2. The number of amides is 1. The number of para-hydroxylation sites is 1. The molecule has 158 valence electrons. The van der Waals surface area contributed by atoms with E-state index >= 15 is 0 Å². The summed E-state index contributed by atoms with van der Waals surface area (Å²) in [4.78, 5) is 29.4. The number of benzene rings is 2. The summed E-state index contributed by atoms with van der Waals surface area (Å²) in [5.41, 5.74) is 2.10. The molecule has 2 aromatic carbocycles. The predicted octanol–water partition coefficient (Wildman–Crippen LogP) is 5.50. The van der Waals surface area contributed by atoms with E-state index < -0.39 is 6.04 Å². The second kappa shape index (κ2) is 9.27. The maximum absolute atomic E-state index is 13.7.